The van der Waals surface area contributed by atoms with Crippen LogP contribution < -0.4 is 0 Å². The van der Waals surface area contributed by atoms with Crippen LogP contribution in [0.3, 0.4) is 0 Å². The summed E-state index contributed by atoms with van der Waals surface area (Å²) in [7, 11) is 0. The fraction of sp³-hybridized carbons (Fsp3) is 0.714. The second kappa shape index (κ2) is 24.8. The van der Waals surface area contributed by atoms with Gasteiger partial charge in [-0.15, -0.1) is 0 Å². The molecule has 0 aliphatic carbocycles. The Morgan fingerprint density at radius 1 is 0.667 bits per heavy atom. The number of benzene rings is 1. The number of carbonyl (C=O) groups excluding carboxylic acids is 1. The van der Waals surface area contributed by atoms with Crippen LogP contribution in [-0.4, -0.2) is 39.0 Å². The Kier molecular flexibility index (Phi) is 24.9. The predicted molar refractivity (Wildman–Crippen MR) is 139 cm³/mol. The molecule has 210 valence electrons. The van der Waals surface area contributed by atoms with Gasteiger partial charge in [0.25, 0.3) is 0 Å². The summed E-state index contributed by atoms with van der Waals surface area (Å²) in [5.74, 6) is -3.07. The van der Waals surface area contributed by atoms with Gasteiger partial charge in [-0.1, -0.05) is 104 Å². The number of aliphatic carboxylic acids is 1. The molecular weight excluding hydrogens is 504 g/mol. The first-order valence-electron chi connectivity index (χ1n) is 13.5. The SMILES string of the molecule is CCCCCCCCCCCCCCCCCC(=O)O.CCCOC(=O)c1cc(O)c(O)c(O)c1.[Fe]. The third kappa shape index (κ3) is 20.3. The van der Waals surface area contributed by atoms with Crippen molar-refractivity contribution in [3.05, 3.63) is 17.7 Å². The average molecular weight is 553 g/mol. The van der Waals surface area contributed by atoms with Gasteiger partial charge in [0, 0.05) is 23.5 Å². The molecule has 0 spiro atoms. The molecule has 0 bridgehead atoms. The number of phenolic OH excluding ortho intramolecular Hbond substituents is 3. The maximum absolute atomic E-state index is 11.3. The van der Waals surface area contributed by atoms with Crippen LogP contribution >= 0.6 is 0 Å². The van der Waals surface area contributed by atoms with Crippen molar-refractivity contribution in [2.75, 3.05) is 6.61 Å². The summed E-state index contributed by atoms with van der Waals surface area (Å²) >= 11 is 0. The summed E-state index contributed by atoms with van der Waals surface area (Å²) in [6, 6.07) is 2.07. The van der Waals surface area contributed by atoms with Crippen molar-refractivity contribution in [3.8, 4) is 17.2 Å². The van der Waals surface area contributed by atoms with E-state index in [1.165, 1.54) is 83.5 Å². The van der Waals surface area contributed by atoms with Gasteiger partial charge in [-0.3, -0.25) is 4.79 Å². The molecule has 0 amide bonds. The van der Waals surface area contributed by atoms with Gasteiger partial charge < -0.3 is 25.2 Å². The van der Waals surface area contributed by atoms with E-state index < -0.39 is 29.2 Å². The molecule has 0 aromatic heterocycles. The predicted octanol–water partition coefficient (Wildman–Crippen LogP) is 7.70. The molecule has 1 aromatic rings. The third-order valence-corrected chi connectivity index (χ3v) is 5.74. The summed E-state index contributed by atoms with van der Waals surface area (Å²) in [6.45, 7) is 4.38. The van der Waals surface area contributed by atoms with Crippen molar-refractivity contribution in [1.29, 1.82) is 0 Å². The van der Waals surface area contributed by atoms with Gasteiger partial charge in [-0.2, -0.15) is 0 Å². The first-order valence-corrected chi connectivity index (χ1v) is 13.5. The Bertz CT molecular complexity index is 671. The van der Waals surface area contributed by atoms with Crippen molar-refractivity contribution in [2.24, 2.45) is 0 Å². The molecule has 0 saturated heterocycles. The minimum absolute atomic E-state index is 0. The molecule has 0 radical (unpaired) electrons. The van der Waals surface area contributed by atoms with Crippen molar-refractivity contribution in [3.63, 3.8) is 0 Å². The van der Waals surface area contributed by atoms with E-state index in [0.29, 0.717) is 12.8 Å². The minimum Gasteiger partial charge on any atom is -0.504 e. The fourth-order valence-electron chi connectivity index (χ4n) is 3.65. The van der Waals surface area contributed by atoms with Crippen LogP contribution in [0.2, 0.25) is 0 Å². The zero-order valence-electron chi connectivity index (χ0n) is 22.2. The molecular formula is C28H48FeO7. The van der Waals surface area contributed by atoms with Crippen LogP contribution in [0.5, 0.6) is 17.2 Å². The molecule has 0 aliphatic rings. The normalized spacial score (nSPS) is 10.2. The molecule has 1 aromatic carbocycles. The molecule has 8 heteroatoms. The molecule has 0 saturated carbocycles. The van der Waals surface area contributed by atoms with E-state index in [9.17, 15) is 9.59 Å². The number of carboxylic acids is 1. The smallest absolute Gasteiger partial charge is 0.338 e. The second-order valence-electron chi connectivity index (χ2n) is 9.09. The van der Waals surface area contributed by atoms with Crippen LogP contribution in [0.1, 0.15) is 133 Å². The van der Waals surface area contributed by atoms with E-state index in [-0.39, 0.29) is 29.2 Å². The average Bonchev–Trinajstić information content (AvgIpc) is 2.83. The molecule has 0 atom stereocenters. The Morgan fingerprint density at radius 3 is 1.42 bits per heavy atom. The fourth-order valence-corrected chi connectivity index (χ4v) is 3.65. The molecule has 36 heavy (non-hydrogen) atoms. The number of aromatic hydroxyl groups is 3. The minimum atomic E-state index is -0.653. The van der Waals surface area contributed by atoms with Crippen molar-refractivity contribution in [2.45, 2.75) is 123 Å². The number of ether oxygens (including phenoxy) is 1. The molecule has 4 N–H and O–H groups in total. The number of phenols is 3. The summed E-state index contributed by atoms with van der Waals surface area (Å²) < 4.78 is 4.78. The van der Waals surface area contributed by atoms with Gasteiger partial charge in [0.2, 0.25) is 0 Å². The number of carbonyl (C=O) groups is 2. The van der Waals surface area contributed by atoms with Gasteiger partial charge in [-0.05, 0) is 25.0 Å². The second-order valence-corrected chi connectivity index (χ2v) is 9.09. The summed E-state index contributed by atoms with van der Waals surface area (Å²) in [5.41, 5.74) is -0.00347. The summed E-state index contributed by atoms with van der Waals surface area (Å²) in [5, 5.41) is 35.8. The van der Waals surface area contributed by atoms with E-state index >= 15 is 0 Å². The molecule has 0 aliphatic heterocycles. The van der Waals surface area contributed by atoms with E-state index in [1.54, 1.807) is 0 Å². The molecule has 0 heterocycles. The molecule has 0 unspecified atom stereocenters. The van der Waals surface area contributed by atoms with Gasteiger partial charge in [0.15, 0.2) is 17.2 Å². The Morgan fingerprint density at radius 2 is 1.06 bits per heavy atom. The van der Waals surface area contributed by atoms with Crippen molar-refractivity contribution < 1.29 is 51.8 Å². The number of carboxylic acid groups (broad SMARTS) is 1. The van der Waals surface area contributed by atoms with Crippen LogP contribution in [0.25, 0.3) is 0 Å². The Balaban J connectivity index is 0. The van der Waals surface area contributed by atoms with Gasteiger partial charge in [-0.25, -0.2) is 4.79 Å². The largest absolute Gasteiger partial charge is 0.504 e. The maximum Gasteiger partial charge on any atom is 0.338 e. The monoisotopic (exact) mass is 552 g/mol. The molecule has 0 fully saturated rings. The first-order chi connectivity index (χ1) is 16.8. The van der Waals surface area contributed by atoms with Crippen LogP contribution in [0.15, 0.2) is 12.1 Å². The van der Waals surface area contributed by atoms with E-state index in [1.807, 2.05) is 6.92 Å². The van der Waals surface area contributed by atoms with Crippen molar-refractivity contribution >= 4 is 11.9 Å². The number of hydrogen-bond donors (Lipinski definition) is 4. The molecule has 1 rings (SSSR count). The van der Waals surface area contributed by atoms with Gasteiger partial charge in [0.05, 0.1) is 12.2 Å². The van der Waals surface area contributed by atoms with E-state index in [0.717, 1.165) is 25.0 Å². The standard InChI is InChI=1S/C18H36O2.C10H12O5.Fe/c1-2-3-4-5-6-7-8-9-10-11-12-13-14-15-16-17-18(19)20;1-2-3-15-10(14)6-4-7(11)9(13)8(12)5-6;/h2-17H2,1H3,(H,19,20);4-5,11-13H,2-3H2,1H3;. The summed E-state index contributed by atoms with van der Waals surface area (Å²) in [6.07, 6.45) is 20.9. The number of unbranched alkanes of at least 4 members (excludes halogenated alkanes) is 14. The Hall–Kier alpha value is -1.92. The Labute approximate surface area is 228 Å². The number of hydrogen-bond acceptors (Lipinski definition) is 6. The molecule has 7 nitrogen and oxygen atoms in total. The van der Waals surface area contributed by atoms with Gasteiger partial charge >= 0.3 is 11.9 Å². The zero-order valence-corrected chi connectivity index (χ0v) is 23.4. The first kappa shape index (κ1) is 36.2. The van der Waals surface area contributed by atoms with Crippen molar-refractivity contribution in [1.82, 2.24) is 0 Å². The van der Waals surface area contributed by atoms with Gasteiger partial charge in [0.1, 0.15) is 0 Å². The van der Waals surface area contributed by atoms with Crippen LogP contribution in [0, 0.1) is 0 Å². The van der Waals surface area contributed by atoms with E-state index in [2.05, 4.69) is 6.92 Å². The topological polar surface area (TPSA) is 124 Å². The summed E-state index contributed by atoms with van der Waals surface area (Å²) in [4.78, 5) is 21.6. The van der Waals surface area contributed by atoms with Crippen LogP contribution in [-0.2, 0) is 26.6 Å². The van der Waals surface area contributed by atoms with E-state index in [4.69, 9.17) is 25.2 Å². The van der Waals surface area contributed by atoms with Crippen LogP contribution in [0.4, 0.5) is 0 Å². The number of rotatable bonds is 19. The quantitative estimate of drug-likeness (QED) is 0.0600. The number of esters is 1. The maximum atomic E-state index is 11.3. The third-order valence-electron chi connectivity index (χ3n) is 5.74. The zero-order chi connectivity index (χ0) is 26.3.